The second-order valence-electron chi connectivity index (χ2n) is 6.42. The van der Waals surface area contributed by atoms with Crippen LogP contribution in [0.3, 0.4) is 0 Å². The third kappa shape index (κ3) is 3.47. The third-order valence-corrected chi connectivity index (χ3v) is 7.04. The Kier molecular flexibility index (Phi) is 5.31. The molecule has 0 radical (unpaired) electrons. The fraction of sp³-hybridized carbons (Fsp3) is 0.150. The van der Waals surface area contributed by atoms with Gasteiger partial charge in [0.05, 0.1) is 18.6 Å². The molecule has 0 saturated heterocycles. The van der Waals surface area contributed by atoms with Crippen molar-refractivity contribution in [3.8, 4) is 16.9 Å². The molecule has 6 nitrogen and oxygen atoms in total. The Bertz CT molecular complexity index is 1410. The van der Waals surface area contributed by atoms with Gasteiger partial charge in [0.15, 0.2) is 0 Å². The summed E-state index contributed by atoms with van der Waals surface area (Å²) in [6.45, 7) is -0.995. The van der Waals surface area contributed by atoms with Crippen LogP contribution in [0.2, 0.25) is 0 Å². The highest BCUT2D eigenvalue weighted by Gasteiger charge is 2.24. The molecule has 0 fully saturated rings. The monoisotopic (exact) mass is 450 g/mol. The first-order valence-corrected chi connectivity index (χ1v) is 11.2. The summed E-state index contributed by atoms with van der Waals surface area (Å²) >= 11 is 1.27. The number of pyridine rings is 1. The Balaban J connectivity index is 2.08. The molecule has 0 spiro atoms. The van der Waals surface area contributed by atoms with Gasteiger partial charge in [-0.2, -0.15) is 0 Å². The number of ether oxygens (including phenoxy) is 1. The van der Waals surface area contributed by atoms with Gasteiger partial charge in [0.1, 0.15) is 10.4 Å². The number of alkyl halides is 2. The van der Waals surface area contributed by atoms with Crippen LogP contribution < -0.4 is 15.0 Å². The highest BCUT2D eigenvalue weighted by atomic mass is 32.2. The van der Waals surface area contributed by atoms with Gasteiger partial charge in [-0.1, -0.05) is 18.2 Å². The van der Waals surface area contributed by atoms with Crippen molar-refractivity contribution in [2.24, 2.45) is 0 Å². The standard InChI is InChI=1S/C20H16F2N2O4S2/c1-28-14-7-6-13-17(12-8-9-29-19(12)20(25)24-13)18(14)11-4-2-3-5-15(11)30(26,27)23-10-16(21)22/h2-9,16,23H,10H2,1H3,(H,24,25). The normalized spacial score (nSPS) is 12.1. The van der Waals surface area contributed by atoms with E-state index in [-0.39, 0.29) is 16.0 Å². The number of aromatic nitrogens is 1. The molecule has 4 aromatic rings. The number of benzene rings is 2. The van der Waals surface area contributed by atoms with Crippen molar-refractivity contribution >= 4 is 42.3 Å². The van der Waals surface area contributed by atoms with Crippen molar-refractivity contribution in [3.63, 3.8) is 0 Å². The second kappa shape index (κ2) is 7.78. The topological polar surface area (TPSA) is 88.3 Å². The summed E-state index contributed by atoms with van der Waals surface area (Å²) < 4.78 is 58.8. The van der Waals surface area contributed by atoms with E-state index in [9.17, 15) is 22.0 Å². The van der Waals surface area contributed by atoms with Crippen LogP contribution in [0.1, 0.15) is 0 Å². The summed E-state index contributed by atoms with van der Waals surface area (Å²) in [5, 5.41) is 3.04. The number of nitrogens with one attached hydrogen (secondary N) is 2. The van der Waals surface area contributed by atoms with Crippen molar-refractivity contribution in [1.82, 2.24) is 9.71 Å². The zero-order valence-corrected chi connectivity index (χ0v) is 17.2. The first-order valence-electron chi connectivity index (χ1n) is 8.81. The molecule has 30 heavy (non-hydrogen) atoms. The Morgan fingerprint density at radius 1 is 1.17 bits per heavy atom. The lowest BCUT2D eigenvalue weighted by atomic mass is 9.97. The van der Waals surface area contributed by atoms with Gasteiger partial charge >= 0.3 is 0 Å². The number of methoxy groups -OCH3 is 1. The molecule has 0 unspecified atom stereocenters. The third-order valence-electron chi connectivity index (χ3n) is 4.65. The molecule has 0 atom stereocenters. The zero-order chi connectivity index (χ0) is 21.5. The van der Waals surface area contributed by atoms with E-state index < -0.39 is 23.0 Å². The molecule has 4 rings (SSSR count). The summed E-state index contributed by atoms with van der Waals surface area (Å²) in [6.07, 6.45) is -2.82. The predicted octanol–water partition coefficient (Wildman–Crippen LogP) is 3.96. The highest BCUT2D eigenvalue weighted by molar-refractivity contribution is 7.89. The van der Waals surface area contributed by atoms with Gasteiger partial charge in [0.2, 0.25) is 10.0 Å². The number of rotatable bonds is 6. The van der Waals surface area contributed by atoms with E-state index in [4.69, 9.17) is 4.74 Å². The summed E-state index contributed by atoms with van der Waals surface area (Å²) in [5.74, 6) is 0.388. The van der Waals surface area contributed by atoms with E-state index in [0.29, 0.717) is 32.3 Å². The van der Waals surface area contributed by atoms with Crippen LogP contribution >= 0.6 is 11.3 Å². The molecule has 2 aromatic carbocycles. The molecule has 0 aliphatic rings. The second-order valence-corrected chi connectivity index (χ2v) is 9.07. The number of hydrogen-bond acceptors (Lipinski definition) is 5. The molecule has 0 aliphatic heterocycles. The quantitative estimate of drug-likeness (QED) is 0.465. The maximum absolute atomic E-state index is 12.8. The van der Waals surface area contributed by atoms with Crippen LogP contribution in [-0.4, -0.2) is 33.5 Å². The molecular weight excluding hydrogens is 434 g/mol. The lowest BCUT2D eigenvalue weighted by molar-refractivity contribution is 0.153. The number of sulfonamides is 1. The number of halogens is 2. The van der Waals surface area contributed by atoms with Gasteiger partial charge < -0.3 is 9.72 Å². The molecule has 10 heteroatoms. The largest absolute Gasteiger partial charge is 0.496 e. The lowest BCUT2D eigenvalue weighted by Crippen LogP contribution is -2.29. The van der Waals surface area contributed by atoms with Crippen molar-refractivity contribution in [2.45, 2.75) is 11.3 Å². The summed E-state index contributed by atoms with van der Waals surface area (Å²) in [7, 11) is -2.78. The summed E-state index contributed by atoms with van der Waals surface area (Å²) in [5.41, 5.74) is 0.992. The number of fused-ring (bicyclic) bond motifs is 3. The van der Waals surface area contributed by atoms with Crippen LogP contribution in [0.4, 0.5) is 8.78 Å². The minimum atomic E-state index is -4.23. The van der Waals surface area contributed by atoms with Crippen molar-refractivity contribution in [1.29, 1.82) is 0 Å². The van der Waals surface area contributed by atoms with E-state index in [1.807, 2.05) is 4.72 Å². The number of hydrogen-bond donors (Lipinski definition) is 2. The van der Waals surface area contributed by atoms with Crippen LogP contribution in [0.25, 0.3) is 32.1 Å². The summed E-state index contributed by atoms with van der Waals surface area (Å²) in [4.78, 5) is 15.0. The molecule has 0 amide bonds. The first kappa shape index (κ1) is 20.5. The van der Waals surface area contributed by atoms with E-state index in [1.165, 1.54) is 30.6 Å². The lowest BCUT2D eigenvalue weighted by Gasteiger charge is -2.17. The van der Waals surface area contributed by atoms with Crippen LogP contribution in [0.15, 0.2) is 57.5 Å². The predicted molar refractivity (Wildman–Crippen MR) is 113 cm³/mol. The van der Waals surface area contributed by atoms with Gasteiger partial charge in [0, 0.05) is 27.4 Å². The molecule has 156 valence electrons. The van der Waals surface area contributed by atoms with E-state index in [2.05, 4.69) is 4.98 Å². The molecule has 0 saturated carbocycles. The van der Waals surface area contributed by atoms with Crippen molar-refractivity contribution in [3.05, 3.63) is 58.2 Å². The Hall–Kier alpha value is -2.82. The smallest absolute Gasteiger partial charge is 0.266 e. The van der Waals surface area contributed by atoms with Gasteiger partial charge in [-0.3, -0.25) is 4.79 Å². The molecule has 0 aliphatic carbocycles. The maximum Gasteiger partial charge on any atom is 0.266 e. The molecule has 2 heterocycles. The molecular formula is C20H16F2N2O4S2. The Labute approximate surface area is 174 Å². The minimum Gasteiger partial charge on any atom is -0.496 e. The van der Waals surface area contributed by atoms with Crippen LogP contribution in [0.5, 0.6) is 5.75 Å². The van der Waals surface area contributed by atoms with E-state index in [0.717, 1.165) is 0 Å². The van der Waals surface area contributed by atoms with Crippen molar-refractivity contribution < 1.29 is 21.9 Å². The average molecular weight is 450 g/mol. The van der Waals surface area contributed by atoms with Gasteiger partial charge in [0.25, 0.3) is 12.0 Å². The SMILES string of the molecule is COc1ccc2[nH]c(=O)c3sccc3c2c1-c1ccccc1S(=O)(=O)NCC(F)F. The van der Waals surface area contributed by atoms with Gasteiger partial charge in [-0.15, -0.1) is 11.3 Å². The van der Waals surface area contributed by atoms with E-state index in [1.54, 1.807) is 35.7 Å². The highest BCUT2D eigenvalue weighted by Crippen LogP contribution is 2.42. The van der Waals surface area contributed by atoms with Crippen molar-refractivity contribution in [2.75, 3.05) is 13.7 Å². The minimum absolute atomic E-state index is 0.161. The fourth-order valence-corrected chi connectivity index (χ4v) is 5.44. The summed E-state index contributed by atoms with van der Waals surface area (Å²) in [6, 6.07) is 11.2. The molecule has 2 aromatic heterocycles. The van der Waals surface area contributed by atoms with Crippen LogP contribution in [0, 0.1) is 0 Å². The number of H-pyrrole nitrogens is 1. The average Bonchev–Trinajstić information content (AvgIpc) is 3.22. The molecule has 0 bridgehead atoms. The van der Waals surface area contributed by atoms with E-state index >= 15 is 0 Å². The zero-order valence-electron chi connectivity index (χ0n) is 15.6. The Morgan fingerprint density at radius 3 is 2.67 bits per heavy atom. The fourth-order valence-electron chi connectivity index (χ4n) is 3.42. The van der Waals surface area contributed by atoms with Gasteiger partial charge in [-0.05, 0) is 29.6 Å². The van der Waals surface area contributed by atoms with Crippen LogP contribution in [-0.2, 0) is 10.0 Å². The number of aromatic amines is 1. The molecule has 2 N–H and O–H groups in total. The Morgan fingerprint density at radius 2 is 1.93 bits per heavy atom. The van der Waals surface area contributed by atoms with Gasteiger partial charge in [-0.25, -0.2) is 21.9 Å². The first-order chi connectivity index (χ1) is 14.3. The maximum atomic E-state index is 12.8. The number of thiophene rings is 1.